The van der Waals surface area contributed by atoms with Crippen molar-refractivity contribution < 1.29 is 0 Å². The third-order valence-electron chi connectivity index (χ3n) is 4.43. The van der Waals surface area contributed by atoms with Gasteiger partial charge in [-0.2, -0.15) is 0 Å². The van der Waals surface area contributed by atoms with Crippen molar-refractivity contribution in [1.29, 1.82) is 0 Å². The van der Waals surface area contributed by atoms with Crippen LogP contribution in [0, 0.1) is 5.92 Å². The molecule has 1 aromatic carbocycles. The first-order chi connectivity index (χ1) is 9.19. The Kier molecular flexibility index (Phi) is 5.26. The zero-order valence-corrected chi connectivity index (χ0v) is 12.6. The number of anilines is 1. The van der Waals surface area contributed by atoms with Gasteiger partial charge in [0.2, 0.25) is 0 Å². The molecule has 1 fully saturated rings. The molecule has 0 atom stereocenters. The monoisotopic (exact) mass is 260 g/mol. The maximum absolute atomic E-state index is 3.59. The molecule has 0 heterocycles. The topological polar surface area (TPSA) is 24.1 Å². The minimum atomic E-state index is 0.617. The zero-order chi connectivity index (χ0) is 13.7. The van der Waals surface area contributed by atoms with Crippen LogP contribution in [0.1, 0.15) is 51.0 Å². The first kappa shape index (κ1) is 14.4. The highest BCUT2D eigenvalue weighted by Crippen LogP contribution is 2.25. The van der Waals surface area contributed by atoms with E-state index >= 15 is 0 Å². The van der Waals surface area contributed by atoms with Gasteiger partial charge in [-0.15, -0.1) is 0 Å². The van der Waals surface area contributed by atoms with Crippen molar-refractivity contribution in [3.8, 4) is 0 Å². The summed E-state index contributed by atoms with van der Waals surface area (Å²) < 4.78 is 0. The van der Waals surface area contributed by atoms with Crippen molar-refractivity contribution >= 4 is 5.69 Å². The van der Waals surface area contributed by atoms with Crippen LogP contribution in [0.5, 0.6) is 0 Å². The van der Waals surface area contributed by atoms with Gasteiger partial charge >= 0.3 is 0 Å². The maximum atomic E-state index is 3.59. The lowest BCUT2D eigenvalue weighted by molar-refractivity contribution is 0.312. The molecule has 106 valence electrons. The van der Waals surface area contributed by atoms with Crippen molar-refractivity contribution in [2.24, 2.45) is 5.92 Å². The number of hydrogen-bond donors (Lipinski definition) is 2. The van der Waals surface area contributed by atoms with Crippen molar-refractivity contribution in [3.63, 3.8) is 0 Å². The van der Waals surface area contributed by atoms with E-state index in [1.165, 1.54) is 36.9 Å². The van der Waals surface area contributed by atoms with Crippen LogP contribution in [0.4, 0.5) is 5.69 Å². The van der Waals surface area contributed by atoms with Crippen molar-refractivity contribution in [2.75, 3.05) is 18.9 Å². The molecular formula is C17H28N2. The number of hydrogen-bond acceptors (Lipinski definition) is 2. The fourth-order valence-electron chi connectivity index (χ4n) is 2.90. The van der Waals surface area contributed by atoms with Crippen LogP contribution in [0.15, 0.2) is 24.3 Å². The summed E-state index contributed by atoms with van der Waals surface area (Å²) >= 11 is 0. The third-order valence-corrected chi connectivity index (χ3v) is 4.43. The molecular weight excluding hydrogens is 232 g/mol. The Morgan fingerprint density at radius 2 is 1.68 bits per heavy atom. The average Bonchev–Trinajstić information content (AvgIpc) is 2.46. The minimum absolute atomic E-state index is 0.617. The van der Waals surface area contributed by atoms with Gasteiger partial charge in [-0.3, -0.25) is 0 Å². The van der Waals surface area contributed by atoms with Gasteiger partial charge in [0.1, 0.15) is 0 Å². The van der Waals surface area contributed by atoms with Gasteiger partial charge in [-0.05, 0) is 62.3 Å². The Morgan fingerprint density at radius 3 is 2.21 bits per heavy atom. The van der Waals surface area contributed by atoms with Crippen LogP contribution in [-0.4, -0.2) is 19.6 Å². The predicted octanol–water partition coefficient (Wildman–Crippen LogP) is 4.00. The summed E-state index contributed by atoms with van der Waals surface area (Å²) in [5.74, 6) is 1.46. The van der Waals surface area contributed by atoms with Crippen LogP contribution in [0.2, 0.25) is 0 Å². The molecule has 2 heteroatoms. The Morgan fingerprint density at radius 1 is 1.05 bits per heavy atom. The van der Waals surface area contributed by atoms with Gasteiger partial charge in [0.25, 0.3) is 0 Å². The van der Waals surface area contributed by atoms with E-state index in [0.29, 0.717) is 5.92 Å². The van der Waals surface area contributed by atoms with E-state index < -0.39 is 0 Å². The molecule has 0 radical (unpaired) electrons. The highest BCUT2D eigenvalue weighted by Gasteiger charge is 2.19. The molecule has 1 saturated carbocycles. The molecule has 2 N–H and O–H groups in total. The summed E-state index contributed by atoms with van der Waals surface area (Å²) in [6, 6.07) is 9.67. The standard InChI is InChI=1S/C17H28N2/c1-13(2)15-6-10-17(11-7-15)19-12-14-4-8-16(18-3)9-5-14/h6-7,10-11,13-14,16,18-19H,4-5,8-9,12H2,1-3H3. The summed E-state index contributed by atoms with van der Waals surface area (Å²) in [5, 5.41) is 6.99. The molecule has 1 aromatic rings. The smallest absolute Gasteiger partial charge is 0.0340 e. The fraction of sp³-hybridized carbons (Fsp3) is 0.647. The van der Waals surface area contributed by atoms with Gasteiger partial charge in [0, 0.05) is 18.3 Å². The second-order valence-electron chi connectivity index (χ2n) is 6.16. The Balaban J connectivity index is 1.76. The SMILES string of the molecule is CNC1CCC(CNc2ccc(C(C)C)cc2)CC1. The van der Waals surface area contributed by atoms with Crippen molar-refractivity contribution in [2.45, 2.75) is 51.5 Å². The van der Waals surface area contributed by atoms with Crippen molar-refractivity contribution in [1.82, 2.24) is 5.32 Å². The van der Waals surface area contributed by atoms with Gasteiger partial charge < -0.3 is 10.6 Å². The lowest BCUT2D eigenvalue weighted by Gasteiger charge is -2.28. The lowest BCUT2D eigenvalue weighted by Crippen LogP contribution is -2.32. The molecule has 19 heavy (non-hydrogen) atoms. The Hall–Kier alpha value is -1.02. The fourth-order valence-corrected chi connectivity index (χ4v) is 2.90. The predicted molar refractivity (Wildman–Crippen MR) is 83.8 cm³/mol. The van der Waals surface area contributed by atoms with Gasteiger partial charge in [0.15, 0.2) is 0 Å². The molecule has 0 spiro atoms. The van der Waals surface area contributed by atoms with Crippen molar-refractivity contribution in [3.05, 3.63) is 29.8 Å². The molecule has 1 aliphatic carbocycles. The highest BCUT2D eigenvalue weighted by atomic mass is 14.9. The van der Waals surface area contributed by atoms with Gasteiger partial charge in [0.05, 0.1) is 0 Å². The van der Waals surface area contributed by atoms with E-state index in [1.807, 2.05) is 0 Å². The Bertz CT molecular complexity index is 361. The minimum Gasteiger partial charge on any atom is -0.385 e. The molecule has 0 saturated heterocycles. The number of rotatable bonds is 5. The first-order valence-corrected chi connectivity index (χ1v) is 7.70. The summed E-state index contributed by atoms with van der Waals surface area (Å²) in [7, 11) is 2.08. The second-order valence-corrected chi connectivity index (χ2v) is 6.16. The summed E-state index contributed by atoms with van der Waals surface area (Å²) in [5.41, 5.74) is 2.68. The van der Waals surface area contributed by atoms with Crippen LogP contribution < -0.4 is 10.6 Å². The molecule has 2 rings (SSSR count). The van der Waals surface area contributed by atoms with E-state index in [4.69, 9.17) is 0 Å². The molecule has 1 aliphatic rings. The lowest BCUT2D eigenvalue weighted by atomic mass is 9.86. The maximum Gasteiger partial charge on any atom is 0.0340 e. The molecule has 0 bridgehead atoms. The zero-order valence-electron chi connectivity index (χ0n) is 12.6. The van der Waals surface area contributed by atoms with E-state index in [-0.39, 0.29) is 0 Å². The van der Waals surface area contributed by atoms with Crippen LogP contribution in [-0.2, 0) is 0 Å². The second kappa shape index (κ2) is 6.95. The quantitative estimate of drug-likeness (QED) is 0.836. The average molecular weight is 260 g/mol. The van der Waals surface area contributed by atoms with Crippen LogP contribution in [0.3, 0.4) is 0 Å². The van der Waals surface area contributed by atoms with E-state index in [9.17, 15) is 0 Å². The third kappa shape index (κ3) is 4.24. The van der Waals surface area contributed by atoms with Gasteiger partial charge in [-0.1, -0.05) is 26.0 Å². The van der Waals surface area contributed by atoms with E-state index in [0.717, 1.165) is 18.5 Å². The number of benzene rings is 1. The van der Waals surface area contributed by atoms with E-state index in [1.54, 1.807) is 0 Å². The Labute approximate surface area is 118 Å². The van der Waals surface area contributed by atoms with Gasteiger partial charge in [-0.25, -0.2) is 0 Å². The van der Waals surface area contributed by atoms with Crippen LogP contribution >= 0.6 is 0 Å². The molecule has 0 unspecified atom stereocenters. The molecule has 2 nitrogen and oxygen atoms in total. The normalized spacial score (nSPS) is 23.6. The molecule has 0 aromatic heterocycles. The van der Waals surface area contributed by atoms with Crippen LogP contribution in [0.25, 0.3) is 0 Å². The molecule has 0 amide bonds. The molecule has 0 aliphatic heterocycles. The van der Waals surface area contributed by atoms with E-state index in [2.05, 4.69) is 55.8 Å². The summed E-state index contributed by atoms with van der Waals surface area (Å²) in [6.45, 7) is 5.60. The summed E-state index contributed by atoms with van der Waals surface area (Å²) in [6.07, 6.45) is 5.36. The summed E-state index contributed by atoms with van der Waals surface area (Å²) in [4.78, 5) is 0. The first-order valence-electron chi connectivity index (χ1n) is 7.70. The largest absolute Gasteiger partial charge is 0.385 e. The number of nitrogens with one attached hydrogen (secondary N) is 2. The highest BCUT2D eigenvalue weighted by molar-refractivity contribution is 5.45.